The lowest BCUT2D eigenvalue weighted by Crippen LogP contribution is -2.43. The smallest absolute Gasteiger partial charge is 0.326 e. The predicted octanol–water partition coefficient (Wildman–Crippen LogP) is 2.90. The molecule has 0 bridgehead atoms. The second-order valence-corrected chi connectivity index (χ2v) is 6.09. The molecule has 0 unspecified atom stereocenters. The van der Waals surface area contributed by atoms with Crippen molar-refractivity contribution in [2.24, 2.45) is 0 Å². The largest absolute Gasteiger partial charge is 0.486 e. The second-order valence-electron chi connectivity index (χ2n) is 6.09. The summed E-state index contributed by atoms with van der Waals surface area (Å²) in [7, 11) is 0. The number of carbonyl (C=O) groups excluding carboxylic acids is 1. The molecule has 26 heavy (non-hydrogen) atoms. The van der Waals surface area contributed by atoms with Crippen molar-refractivity contribution in [3.05, 3.63) is 54.1 Å². The van der Waals surface area contributed by atoms with Gasteiger partial charge in [0.15, 0.2) is 11.5 Å². The Bertz CT molecular complexity index is 790. The number of carbonyl (C=O) groups is 2. The van der Waals surface area contributed by atoms with Crippen molar-refractivity contribution in [3.63, 3.8) is 0 Å². The zero-order valence-electron chi connectivity index (χ0n) is 14.6. The fraction of sp³-hybridized carbons (Fsp3) is 0.300. The average Bonchev–Trinajstić information content (AvgIpc) is 2.67. The fourth-order valence-corrected chi connectivity index (χ4v) is 2.89. The van der Waals surface area contributed by atoms with Gasteiger partial charge in [0.1, 0.15) is 19.3 Å². The van der Waals surface area contributed by atoms with Crippen LogP contribution in [0.5, 0.6) is 11.5 Å². The van der Waals surface area contributed by atoms with Crippen molar-refractivity contribution in [1.29, 1.82) is 0 Å². The molecule has 1 amide bonds. The minimum absolute atomic E-state index is 0.218. The molecular weight excluding hydrogens is 334 g/mol. The number of hydrogen-bond donors (Lipinski definition) is 1. The van der Waals surface area contributed by atoms with Crippen LogP contribution in [0, 0.1) is 0 Å². The minimum atomic E-state index is -1.06. The third-order valence-electron chi connectivity index (χ3n) is 4.29. The summed E-state index contributed by atoms with van der Waals surface area (Å²) in [4.78, 5) is 25.7. The van der Waals surface area contributed by atoms with E-state index in [0.717, 1.165) is 5.56 Å². The van der Waals surface area contributed by atoms with Crippen LogP contribution in [0.4, 0.5) is 5.69 Å². The van der Waals surface area contributed by atoms with Gasteiger partial charge >= 0.3 is 5.97 Å². The Hall–Kier alpha value is -3.02. The Balaban J connectivity index is 1.83. The monoisotopic (exact) mass is 355 g/mol. The van der Waals surface area contributed by atoms with Crippen molar-refractivity contribution in [2.75, 3.05) is 18.1 Å². The molecule has 6 heteroatoms. The van der Waals surface area contributed by atoms with Crippen molar-refractivity contribution >= 4 is 17.6 Å². The molecule has 2 aromatic carbocycles. The number of anilines is 1. The lowest BCUT2D eigenvalue weighted by molar-refractivity contribution is -0.139. The van der Waals surface area contributed by atoms with Gasteiger partial charge < -0.3 is 14.6 Å². The fourth-order valence-electron chi connectivity index (χ4n) is 2.89. The first-order valence-electron chi connectivity index (χ1n) is 8.54. The molecule has 1 N–H and O–H groups in total. The minimum Gasteiger partial charge on any atom is -0.486 e. The van der Waals surface area contributed by atoms with E-state index in [1.165, 1.54) is 11.8 Å². The van der Waals surface area contributed by atoms with Gasteiger partial charge in [-0.15, -0.1) is 0 Å². The molecule has 0 fully saturated rings. The number of hydrogen-bond acceptors (Lipinski definition) is 4. The van der Waals surface area contributed by atoms with Crippen LogP contribution in [0.2, 0.25) is 0 Å². The van der Waals surface area contributed by atoms with E-state index < -0.39 is 12.0 Å². The number of aryl methyl sites for hydroxylation is 1. The number of fused-ring (bicyclic) bond motifs is 1. The average molecular weight is 355 g/mol. The Kier molecular flexibility index (Phi) is 5.41. The van der Waals surface area contributed by atoms with E-state index in [4.69, 9.17) is 9.47 Å². The van der Waals surface area contributed by atoms with E-state index in [2.05, 4.69) is 0 Å². The molecule has 0 radical (unpaired) electrons. The van der Waals surface area contributed by atoms with Crippen molar-refractivity contribution < 1.29 is 24.2 Å². The molecule has 1 atom stereocenters. The molecule has 6 nitrogen and oxygen atoms in total. The highest BCUT2D eigenvalue weighted by atomic mass is 16.6. The molecule has 1 aliphatic rings. The first-order chi connectivity index (χ1) is 12.6. The third-order valence-corrected chi connectivity index (χ3v) is 4.29. The number of nitrogens with zero attached hydrogens (tertiary/aromatic N) is 1. The van der Waals surface area contributed by atoms with Crippen LogP contribution in [0.25, 0.3) is 0 Å². The van der Waals surface area contributed by atoms with Crippen molar-refractivity contribution in [3.8, 4) is 11.5 Å². The Morgan fingerprint density at radius 3 is 2.46 bits per heavy atom. The normalized spacial score (nSPS) is 13.7. The summed E-state index contributed by atoms with van der Waals surface area (Å²) < 4.78 is 11.0. The van der Waals surface area contributed by atoms with E-state index >= 15 is 0 Å². The first-order valence-corrected chi connectivity index (χ1v) is 8.54. The summed E-state index contributed by atoms with van der Waals surface area (Å²) in [6, 6.07) is 13.7. The molecule has 0 aliphatic carbocycles. The van der Waals surface area contributed by atoms with Gasteiger partial charge in [0.25, 0.3) is 0 Å². The Labute approximate surface area is 152 Å². The van der Waals surface area contributed by atoms with Crippen LogP contribution in [-0.4, -0.2) is 36.2 Å². The van der Waals surface area contributed by atoms with Crippen LogP contribution in [0.1, 0.15) is 18.9 Å². The van der Waals surface area contributed by atoms with E-state index in [-0.39, 0.29) is 12.3 Å². The topological polar surface area (TPSA) is 76.1 Å². The highest BCUT2D eigenvalue weighted by Gasteiger charge is 2.28. The maximum absolute atomic E-state index is 12.8. The van der Waals surface area contributed by atoms with Crippen molar-refractivity contribution in [2.45, 2.75) is 25.8 Å². The third kappa shape index (κ3) is 3.96. The number of benzene rings is 2. The van der Waals surface area contributed by atoms with Gasteiger partial charge in [0.2, 0.25) is 5.91 Å². The Morgan fingerprint density at radius 2 is 1.77 bits per heavy atom. The molecule has 0 saturated heterocycles. The van der Waals surface area contributed by atoms with E-state index in [0.29, 0.717) is 36.8 Å². The molecule has 1 aliphatic heterocycles. The van der Waals surface area contributed by atoms with Gasteiger partial charge in [-0.25, -0.2) is 4.79 Å². The number of amides is 1. The van der Waals surface area contributed by atoms with Crippen LogP contribution in [0.15, 0.2) is 48.5 Å². The van der Waals surface area contributed by atoms with Gasteiger partial charge in [-0.1, -0.05) is 30.3 Å². The number of aliphatic carboxylic acids is 1. The van der Waals surface area contributed by atoms with Crippen molar-refractivity contribution in [1.82, 2.24) is 0 Å². The van der Waals surface area contributed by atoms with Crippen LogP contribution < -0.4 is 14.4 Å². The highest BCUT2D eigenvalue weighted by molar-refractivity contribution is 5.99. The molecule has 0 spiro atoms. The quantitative estimate of drug-likeness (QED) is 0.862. The number of carboxylic acid groups (broad SMARTS) is 1. The standard InChI is InChI=1S/C20H21NO5/c1-14(20(23)24)21(19(22)10-7-15-5-3-2-4-6-15)16-8-9-17-18(13-16)26-12-11-25-17/h2-6,8-9,13-14H,7,10-12H2,1H3,(H,23,24)/t14-/m0/s1. The highest BCUT2D eigenvalue weighted by Crippen LogP contribution is 2.35. The van der Waals surface area contributed by atoms with Gasteiger partial charge in [0.05, 0.1) is 0 Å². The van der Waals surface area contributed by atoms with Gasteiger partial charge in [0, 0.05) is 18.2 Å². The summed E-state index contributed by atoms with van der Waals surface area (Å²) in [6.07, 6.45) is 0.767. The zero-order chi connectivity index (χ0) is 18.5. The first kappa shape index (κ1) is 17.8. The molecule has 1 heterocycles. The van der Waals surface area contributed by atoms with Crippen LogP contribution >= 0.6 is 0 Å². The summed E-state index contributed by atoms with van der Waals surface area (Å²) in [6.45, 7) is 2.39. The summed E-state index contributed by atoms with van der Waals surface area (Å²) in [5, 5.41) is 9.44. The summed E-state index contributed by atoms with van der Waals surface area (Å²) >= 11 is 0. The van der Waals surface area contributed by atoms with Gasteiger partial charge in [-0.3, -0.25) is 9.69 Å². The Morgan fingerprint density at radius 1 is 1.08 bits per heavy atom. The maximum Gasteiger partial charge on any atom is 0.326 e. The molecular formula is C20H21NO5. The number of carboxylic acids is 1. The molecule has 0 saturated carbocycles. The van der Waals surface area contributed by atoms with Crippen LogP contribution in [0.3, 0.4) is 0 Å². The van der Waals surface area contributed by atoms with Gasteiger partial charge in [-0.2, -0.15) is 0 Å². The number of ether oxygens (including phenoxy) is 2. The predicted molar refractivity (Wildman–Crippen MR) is 96.8 cm³/mol. The van der Waals surface area contributed by atoms with Gasteiger partial charge in [-0.05, 0) is 31.0 Å². The molecule has 3 rings (SSSR count). The zero-order valence-corrected chi connectivity index (χ0v) is 14.6. The van der Waals surface area contributed by atoms with E-state index in [1.807, 2.05) is 30.3 Å². The summed E-state index contributed by atoms with van der Waals surface area (Å²) in [5.41, 5.74) is 1.52. The lowest BCUT2D eigenvalue weighted by Gasteiger charge is -2.28. The summed E-state index contributed by atoms with van der Waals surface area (Å²) in [5.74, 6) is -0.194. The SMILES string of the molecule is C[C@@H](C(=O)O)N(C(=O)CCc1ccccc1)c1ccc2c(c1)OCCO2. The molecule has 0 aromatic heterocycles. The molecule has 136 valence electrons. The lowest BCUT2D eigenvalue weighted by atomic mass is 10.1. The second kappa shape index (κ2) is 7.91. The van der Waals surface area contributed by atoms with Crippen LogP contribution in [-0.2, 0) is 16.0 Å². The molecule has 2 aromatic rings. The van der Waals surface area contributed by atoms with E-state index in [9.17, 15) is 14.7 Å². The number of rotatable bonds is 6. The maximum atomic E-state index is 12.8. The van der Waals surface area contributed by atoms with E-state index in [1.54, 1.807) is 18.2 Å².